The lowest BCUT2D eigenvalue weighted by Crippen LogP contribution is -2.16. The predicted molar refractivity (Wildman–Crippen MR) is 90.7 cm³/mol. The summed E-state index contributed by atoms with van der Waals surface area (Å²) in [6.45, 7) is 4.39. The minimum atomic E-state index is 0.417. The van der Waals surface area contributed by atoms with Gasteiger partial charge in [0.15, 0.2) is 0 Å². The van der Waals surface area contributed by atoms with E-state index in [1.165, 1.54) is 11.5 Å². The highest BCUT2D eigenvalue weighted by atomic mass is 79.9. The van der Waals surface area contributed by atoms with Crippen LogP contribution in [0.5, 0.6) is 0 Å². The number of rotatable bonds is 7. The molecule has 0 spiro atoms. The molecule has 0 amide bonds. The molecule has 1 atom stereocenters. The zero-order valence-corrected chi connectivity index (χ0v) is 13.9. The van der Waals surface area contributed by atoms with Crippen LogP contribution in [0.15, 0.2) is 22.7 Å². The second-order valence-electron chi connectivity index (χ2n) is 4.09. The quantitative estimate of drug-likeness (QED) is 0.577. The molecular formula is C13H19BrN2S2. The van der Waals surface area contributed by atoms with Gasteiger partial charge >= 0.3 is 0 Å². The van der Waals surface area contributed by atoms with Gasteiger partial charge in [-0.1, -0.05) is 19.1 Å². The number of thiocarbonyl (C=S) groups is 1. The van der Waals surface area contributed by atoms with Crippen molar-refractivity contribution >= 4 is 50.6 Å². The topological polar surface area (TPSA) is 38.0 Å². The lowest BCUT2D eigenvalue weighted by atomic mass is 10.2. The number of hydrogen-bond donors (Lipinski definition) is 2. The third-order valence-electron chi connectivity index (χ3n) is 2.55. The SMILES string of the molecule is CCSCCC(C)Nc1ccc(C(N)=S)c(Br)c1. The normalized spacial score (nSPS) is 12.2. The first-order chi connectivity index (χ1) is 8.54. The molecule has 2 nitrogen and oxygen atoms in total. The van der Waals surface area contributed by atoms with Gasteiger partial charge in [-0.2, -0.15) is 11.8 Å². The first-order valence-corrected chi connectivity index (χ1v) is 8.33. The number of anilines is 1. The van der Waals surface area contributed by atoms with Crippen LogP contribution in [0.1, 0.15) is 25.8 Å². The van der Waals surface area contributed by atoms with Crippen LogP contribution in [-0.2, 0) is 0 Å². The Morgan fingerprint density at radius 2 is 2.28 bits per heavy atom. The van der Waals surface area contributed by atoms with E-state index in [2.05, 4.69) is 35.1 Å². The summed E-state index contributed by atoms with van der Waals surface area (Å²) in [7, 11) is 0. The second kappa shape index (κ2) is 8.02. The molecule has 0 saturated carbocycles. The molecular weight excluding hydrogens is 328 g/mol. The summed E-state index contributed by atoms with van der Waals surface area (Å²) in [6, 6.07) is 6.45. The standard InChI is InChI=1S/C13H19BrN2S2/c1-3-18-7-6-9(2)16-10-4-5-11(13(15)17)12(14)8-10/h4-5,8-9,16H,3,6-7H2,1-2H3,(H2,15,17). The molecule has 0 bridgehead atoms. The highest BCUT2D eigenvalue weighted by molar-refractivity contribution is 9.10. The Labute approximate surface area is 127 Å². The Kier molecular flexibility index (Phi) is 7.04. The van der Waals surface area contributed by atoms with Gasteiger partial charge in [0.1, 0.15) is 4.99 Å². The molecule has 0 aliphatic heterocycles. The Balaban J connectivity index is 2.57. The van der Waals surface area contributed by atoms with Crippen molar-refractivity contribution in [3.8, 4) is 0 Å². The molecule has 3 N–H and O–H groups in total. The Morgan fingerprint density at radius 3 is 2.83 bits per heavy atom. The van der Waals surface area contributed by atoms with Gasteiger partial charge in [-0.25, -0.2) is 0 Å². The number of thioether (sulfide) groups is 1. The maximum absolute atomic E-state index is 5.63. The van der Waals surface area contributed by atoms with Crippen molar-refractivity contribution in [1.29, 1.82) is 0 Å². The van der Waals surface area contributed by atoms with E-state index in [1.807, 2.05) is 30.0 Å². The summed E-state index contributed by atoms with van der Waals surface area (Å²) in [5.74, 6) is 2.37. The van der Waals surface area contributed by atoms with Gasteiger partial charge in [0.25, 0.3) is 0 Å². The Bertz CT molecular complexity index is 410. The van der Waals surface area contributed by atoms with Crippen molar-refractivity contribution in [3.63, 3.8) is 0 Å². The Morgan fingerprint density at radius 1 is 1.56 bits per heavy atom. The number of halogens is 1. The lowest BCUT2D eigenvalue weighted by molar-refractivity contribution is 0.771. The fourth-order valence-corrected chi connectivity index (χ4v) is 3.28. The van der Waals surface area contributed by atoms with Crippen molar-refractivity contribution in [2.45, 2.75) is 26.3 Å². The van der Waals surface area contributed by atoms with E-state index in [9.17, 15) is 0 Å². The van der Waals surface area contributed by atoms with Gasteiger partial charge in [0.05, 0.1) is 0 Å². The fourth-order valence-electron chi connectivity index (χ4n) is 1.57. The summed E-state index contributed by atoms with van der Waals surface area (Å²) < 4.78 is 0.940. The molecule has 0 aromatic heterocycles. The van der Waals surface area contributed by atoms with Crippen LogP contribution in [0.25, 0.3) is 0 Å². The minimum Gasteiger partial charge on any atom is -0.389 e. The van der Waals surface area contributed by atoms with Gasteiger partial charge in [0.2, 0.25) is 0 Å². The predicted octanol–water partition coefficient (Wildman–Crippen LogP) is 4.03. The molecule has 18 heavy (non-hydrogen) atoms. The van der Waals surface area contributed by atoms with Crippen LogP contribution in [0.3, 0.4) is 0 Å². The summed E-state index contributed by atoms with van der Waals surface area (Å²) in [4.78, 5) is 0.417. The van der Waals surface area contributed by atoms with E-state index in [0.29, 0.717) is 11.0 Å². The van der Waals surface area contributed by atoms with E-state index in [-0.39, 0.29) is 0 Å². The van der Waals surface area contributed by atoms with Gasteiger partial charge in [-0.05, 0) is 59.0 Å². The average molecular weight is 347 g/mol. The van der Waals surface area contributed by atoms with Crippen LogP contribution in [0.2, 0.25) is 0 Å². The molecule has 1 aromatic rings. The van der Waals surface area contributed by atoms with E-state index in [4.69, 9.17) is 18.0 Å². The minimum absolute atomic E-state index is 0.417. The smallest absolute Gasteiger partial charge is 0.105 e. The third kappa shape index (κ3) is 5.16. The molecule has 100 valence electrons. The molecule has 1 rings (SSSR count). The van der Waals surface area contributed by atoms with Crippen molar-refractivity contribution in [3.05, 3.63) is 28.2 Å². The summed E-state index contributed by atoms with van der Waals surface area (Å²) >= 11 is 10.4. The summed E-state index contributed by atoms with van der Waals surface area (Å²) in [5.41, 5.74) is 7.60. The molecule has 0 heterocycles. The monoisotopic (exact) mass is 346 g/mol. The van der Waals surface area contributed by atoms with E-state index in [1.54, 1.807) is 0 Å². The van der Waals surface area contributed by atoms with Gasteiger partial charge in [-0.3, -0.25) is 0 Å². The molecule has 5 heteroatoms. The molecule has 0 radical (unpaired) electrons. The summed E-state index contributed by atoms with van der Waals surface area (Å²) in [6.07, 6.45) is 1.16. The van der Waals surface area contributed by atoms with Crippen molar-refractivity contribution < 1.29 is 0 Å². The van der Waals surface area contributed by atoms with E-state index >= 15 is 0 Å². The molecule has 0 aliphatic rings. The first kappa shape index (κ1) is 15.8. The first-order valence-electron chi connectivity index (χ1n) is 5.98. The summed E-state index contributed by atoms with van der Waals surface area (Å²) in [5, 5.41) is 3.48. The van der Waals surface area contributed by atoms with Gasteiger partial charge < -0.3 is 11.1 Å². The van der Waals surface area contributed by atoms with Crippen LogP contribution in [0.4, 0.5) is 5.69 Å². The number of nitrogens with one attached hydrogen (secondary N) is 1. The maximum atomic E-state index is 5.63. The zero-order chi connectivity index (χ0) is 13.5. The molecule has 1 aromatic carbocycles. The number of nitrogens with two attached hydrogens (primary N) is 1. The third-order valence-corrected chi connectivity index (χ3v) is 4.36. The van der Waals surface area contributed by atoms with Crippen LogP contribution < -0.4 is 11.1 Å². The van der Waals surface area contributed by atoms with E-state index in [0.717, 1.165) is 22.1 Å². The number of hydrogen-bond acceptors (Lipinski definition) is 3. The van der Waals surface area contributed by atoms with Gasteiger partial charge in [0, 0.05) is 21.8 Å². The maximum Gasteiger partial charge on any atom is 0.105 e. The largest absolute Gasteiger partial charge is 0.389 e. The number of benzene rings is 1. The van der Waals surface area contributed by atoms with Crippen LogP contribution in [0, 0.1) is 0 Å². The fraction of sp³-hybridized carbons (Fsp3) is 0.462. The van der Waals surface area contributed by atoms with E-state index < -0.39 is 0 Å². The molecule has 0 aliphatic carbocycles. The van der Waals surface area contributed by atoms with Gasteiger partial charge in [-0.15, -0.1) is 0 Å². The second-order valence-corrected chi connectivity index (χ2v) is 6.78. The highest BCUT2D eigenvalue weighted by Gasteiger charge is 2.06. The van der Waals surface area contributed by atoms with Crippen molar-refractivity contribution in [1.82, 2.24) is 0 Å². The Hall–Kier alpha value is -0.260. The zero-order valence-electron chi connectivity index (χ0n) is 10.7. The lowest BCUT2D eigenvalue weighted by Gasteiger charge is -2.16. The van der Waals surface area contributed by atoms with Crippen molar-refractivity contribution in [2.24, 2.45) is 5.73 Å². The van der Waals surface area contributed by atoms with Crippen molar-refractivity contribution in [2.75, 3.05) is 16.8 Å². The molecule has 0 fully saturated rings. The molecule has 0 saturated heterocycles. The van der Waals surface area contributed by atoms with Crippen LogP contribution in [-0.4, -0.2) is 22.5 Å². The van der Waals surface area contributed by atoms with Crippen LogP contribution >= 0.6 is 39.9 Å². The average Bonchev–Trinajstić information content (AvgIpc) is 2.28. The molecule has 1 unspecified atom stereocenters. The highest BCUT2D eigenvalue weighted by Crippen LogP contribution is 2.22.